The maximum Gasteiger partial charge on any atom is 0.220 e. The third-order valence-corrected chi connectivity index (χ3v) is 1.79. The lowest BCUT2D eigenvalue weighted by molar-refractivity contribution is 0.997. The fourth-order valence-corrected chi connectivity index (χ4v) is 1.21. The van der Waals surface area contributed by atoms with Gasteiger partial charge in [0, 0.05) is 11.4 Å². The molecule has 0 aliphatic carbocycles. The van der Waals surface area contributed by atoms with Crippen LogP contribution in [0.2, 0.25) is 0 Å². The maximum absolute atomic E-state index is 5.48. The van der Waals surface area contributed by atoms with Gasteiger partial charge in [-0.2, -0.15) is 0 Å². The molecule has 0 bridgehead atoms. The van der Waals surface area contributed by atoms with Crippen molar-refractivity contribution in [1.82, 2.24) is 9.97 Å². The minimum absolute atomic E-state index is 0.345. The van der Waals surface area contributed by atoms with E-state index in [1.807, 2.05) is 19.9 Å². The lowest BCUT2D eigenvalue weighted by atomic mass is 10.1. The van der Waals surface area contributed by atoms with E-state index >= 15 is 0 Å². The standard InChI is InChI=1S/C9H13N3/c1-4-5-8-6(2)11-9(10)12-7(8)3/h4H,1,5H2,2-3H3,(H2,10,11,12). The van der Waals surface area contributed by atoms with Crippen molar-refractivity contribution in [3.05, 3.63) is 29.6 Å². The molecule has 0 amide bonds. The molecule has 0 radical (unpaired) electrons. The average molecular weight is 163 g/mol. The molecule has 0 atom stereocenters. The lowest BCUT2D eigenvalue weighted by Gasteiger charge is -2.05. The molecule has 0 saturated heterocycles. The molecular formula is C9H13N3. The topological polar surface area (TPSA) is 51.8 Å². The Morgan fingerprint density at radius 3 is 2.25 bits per heavy atom. The first-order valence-corrected chi connectivity index (χ1v) is 3.85. The van der Waals surface area contributed by atoms with Crippen LogP contribution in [0.5, 0.6) is 0 Å². The van der Waals surface area contributed by atoms with Crippen molar-refractivity contribution in [2.45, 2.75) is 20.3 Å². The second kappa shape index (κ2) is 3.34. The van der Waals surface area contributed by atoms with Crippen LogP contribution in [-0.4, -0.2) is 9.97 Å². The SMILES string of the molecule is C=CCc1c(C)nc(N)nc1C. The number of nitrogens with two attached hydrogens (primary N) is 1. The summed E-state index contributed by atoms with van der Waals surface area (Å²) in [6.45, 7) is 7.54. The third kappa shape index (κ3) is 1.61. The Bertz CT molecular complexity index is 282. The number of nitrogens with zero attached hydrogens (tertiary/aromatic N) is 2. The van der Waals surface area contributed by atoms with Crippen LogP contribution in [0.3, 0.4) is 0 Å². The molecule has 2 N–H and O–H groups in total. The Labute approximate surface area is 72.3 Å². The van der Waals surface area contributed by atoms with E-state index < -0.39 is 0 Å². The molecular weight excluding hydrogens is 150 g/mol. The summed E-state index contributed by atoms with van der Waals surface area (Å²) >= 11 is 0. The molecule has 0 saturated carbocycles. The summed E-state index contributed by atoms with van der Waals surface area (Å²) in [5.74, 6) is 0.345. The third-order valence-electron chi connectivity index (χ3n) is 1.79. The summed E-state index contributed by atoms with van der Waals surface area (Å²) in [7, 11) is 0. The van der Waals surface area contributed by atoms with Gasteiger partial charge in [0.1, 0.15) is 0 Å². The number of aromatic nitrogens is 2. The van der Waals surface area contributed by atoms with Crippen molar-refractivity contribution in [2.75, 3.05) is 5.73 Å². The molecule has 1 aromatic rings. The molecule has 64 valence electrons. The van der Waals surface area contributed by atoms with Crippen LogP contribution < -0.4 is 5.73 Å². The molecule has 0 spiro atoms. The monoisotopic (exact) mass is 163 g/mol. The van der Waals surface area contributed by atoms with Crippen molar-refractivity contribution in [1.29, 1.82) is 0 Å². The summed E-state index contributed by atoms with van der Waals surface area (Å²) in [5, 5.41) is 0. The van der Waals surface area contributed by atoms with Gasteiger partial charge in [0.05, 0.1) is 0 Å². The van der Waals surface area contributed by atoms with Gasteiger partial charge in [-0.15, -0.1) is 6.58 Å². The first kappa shape index (κ1) is 8.71. The molecule has 0 aromatic carbocycles. The molecule has 0 unspecified atom stereocenters. The second-order valence-electron chi connectivity index (χ2n) is 2.72. The predicted molar refractivity (Wildman–Crippen MR) is 49.8 cm³/mol. The van der Waals surface area contributed by atoms with E-state index in [-0.39, 0.29) is 0 Å². The van der Waals surface area contributed by atoms with Crippen LogP contribution in [0.1, 0.15) is 17.0 Å². The van der Waals surface area contributed by atoms with Gasteiger partial charge in [-0.05, 0) is 25.8 Å². The quantitative estimate of drug-likeness (QED) is 0.670. The maximum atomic E-state index is 5.48. The fourth-order valence-electron chi connectivity index (χ4n) is 1.21. The molecule has 1 rings (SSSR count). The molecule has 0 aliphatic heterocycles. The van der Waals surface area contributed by atoms with E-state index in [0.29, 0.717) is 5.95 Å². The number of hydrogen-bond acceptors (Lipinski definition) is 3. The smallest absolute Gasteiger partial charge is 0.220 e. The van der Waals surface area contributed by atoms with Gasteiger partial charge in [-0.1, -0.05) is 6.08 Å². The highest BCUT2D eigenvalue weighted by molar-refractivity contribution is 5.31. The summed E-state index contributed by atoms with van der Waals surface area (Å²) in [6, 6.07) is 0. The first-order valence-electron chi connectivity index (χ1n) is 3.85. The summed E-state index contributed by atoms with van der Waals surface area (Å²) < 4.78 is 0. The van der Waals surface area contributed by atoms with E-state index in [1.165, 1.54) is 0 Å². The highest BCUT2D eigenvalue weighted by atomic mass is 15.0. The van der Waals surface area contributed by atoms with E-state index in [4.69, 9.17) is 5.73 Å². The normalized spacial score (nSPS) is 9.83. The minimum atomic E-state index is 0.345. The zero-order valence-corrected chi connectivity index (χ0v) is 7.46. The Balaban J connectivity index is 3.18. The van der Waals surface area contributed by atoms with Gasteiger partial charge in [0.25, 0.3) is 0 Å². The Kier molecular flexibility index (Phi) is 2.43. The van der Waals surface area contributed by atoms with Crippen LogP contribution in [0.4, 0.5) is 5.95 Å². The van der Waals surface area contributed by atoms with Crippen molar-refractivity contribution < 1.29 is 0 Å². The lowest BCUT2D eigenvalue weighted by Crippen LogP contribution is -2.03. The summed E-state index contributed by atoms with van der Waals surface area (Å²) in [5.41, 5.74) is 8.49. The summed E-state index contributed by atoms with van der Waals surface area (Å²) in [4.78, 5) is 8.14. The number of nitrogen functional groups attached to an aromatic ring is 1. The summed E-state index contributed by atoms with van der Waals surface area (Å²) in [6.07, 6.45) is 2.65. The Morgan fingerprint density at radius 1 is 1.33 bits per heavy atom. The number of aryl methyl sites for hydroxylation is 2. The highest BCUT2D eigenvalue weighted by Crippen LogP contribution is 2.11. The molecule has 0 aliphatic rings. The zero-order valence-electron chi connectivity index (χ0n) is 7.46. The number of rotatable bonds is 2. The number of allylic oxidation sites excluding steroid dienone is 1. The van der Waals surface area contributed by atoms with Gasteiger partial charge in [0.15, 0.2) is 0 Å². The van der Waals surface area contributed by atoms with E-state index in [9.17, 15) is 0 Å². The van der Waals surface area contributed by atoms with Gasteiger partial charge >= 0.3 is 0 Å². The van der Waals surface area contributed by atoms with Gasteiger partial charge in [-0.3, -0.25) is 0 Å². The predicted octanol–water partition coefficient (Wildman–Crippen LogP) is 1.40. The molecule has 1 heterocycles. The first-order chi connectivity index (χ1) is 5.65. The molecule has 3 heteroatoms. The van der Waals surface area contributed by atoms with Crippen molar-refractivity contribution >= 4 is 5.95 Å². The molecule has 1 aromatic heterocycles. The van der Waals surface area contributed by atoms with Crippen LogP contribution in [0, 0.1) is 13.8 Å². The number of hydrogen-bond donors (Lipinski definition) is 1. The highest BCUT2D eigenvalue weighted by Gasteiger charge is 2.04. The van der Waals surface area contributed by atoms with E-state index in [2.05, 4.69) is 16.5 Å². The second-order valence-corrected chi connectivity index (χ2v) is 2.72. The number of anilines is 1. The van der Waals surface area contributed by atoms with Crippen LogP contribution in [0.25, 0.3) is 0 Å². The van der Waals surface area contributed by atoms with Crippen LogP contribution in [-0.2, 0) is 6.42 Å². The Morgan fingerprint density at radius 2 is 1.83 bits per heavy atom. The molecule has 0 fully saturated rings. The minimum Gasteiger partial charge on any atom is -0.368 e. The molecule has 12 heavy (non-hydrogen) atoms. The van der Waals surface area contributed by atoms with Crippen molar-refractivity contribution in [2.24, 2.45) is 0 Å². The van der Waals surface area contributed by atoms with Crippen molar-refractivity contribution in [3.63, 3.8) is 0 Å². The Hall–Kier alpha value is -1.38. The van der Waals surface area contributed by atoms with Gasteiger partial charge in [0.2, 0.25) is 5.95 Å². The van der Waals surface area contributed by atoms with E-state index in [0.717, 1.165) is 23.4 Å². The van der Waals surface area contributed by atoms with Crippen LogP contribution in [0.15, 0.2) is 12.7 Å². The van der Waals surface area contributed by atoms with Crippen molar-refractivity contribution in [3.8, 4) is 0 Å². The fraction of sp³-hybridized carbons (Fsp3) is 0.333. The zero-order chi connectivity index (χ0) is 9.14. The molecule has 3 nitrogen and oxygen atoms in total. The van der Waals surface area contributed by atoms with Gasteiger partial charge in [-0.25, -0.2) is 9.97 Å². The van der Waals surface area contributed by atoms with Gasteiger partial charge < -0.3 is 5.73 Å². The average Bonchev–Trinajstić information content (AvgIpc) is 1.96. The van der Waals surface area contributed by atoms with Crippen LogP contribution >= 0.6 is 0 Å². The largest absolute Gasteiger partial charge is 0.368 e. The van der Waals surface area contributed by atoms with E-state index in [1.54, 1.807) is 0 Å².